The predicted molar refractivity (Wildman–Crippen MR) is 40.8 cm³/mol. The third kappa shape index (κ3) is 3.46. The number of esters is 1. The van der Waals surface area contributed by atoms with Crippen LogP contribution in [-0.4, -0.2) is 12.6 Å². The minimum absolute atomic E-state index is 0.0706. The van der Waals surface area contributed by atoms with Crippen molar-refractivity contribution < 1.29 is 18.3 Å². The summed E-state index contributed by atoms with van der Waals surface area (Å²) in [6, 6.07) is 0. The van der Waals surface area contributed by atoms with Crippen LogP contribution < -0.4 is 0 Å². The standard InChI is InChI=1S/C8H12F2O2/c1-3-5-6(7(9)10)8(11)12-4-2/h3-5H2,1-2H3. The first-order chi connectivity index (χ1) is 5.63. The van der Waals surface area contributed by atoms with E-state index in [9.17, 15) is 13.6 Å². The normalized spacial score (nSPS) is 9.33. The van der Waals surface area contributed by atoms with Crippen LogP contribution in [0.3, 0.4) is 0 Å². The summed E-state index contributed by atoms with van der Waals surface area (Å²) in [5, 5.41) is 0. The van der Waals surface area contributed by atoms with Gasteiger partial charge >= 0.3 is 5.97 Å². The third-order valence-corrected chi connectivity index (χ3v) is 1.25. The van der Waals surface area contributed by atoms with E-state index in [1.807, 2.05) is 0 Å². The molecule has 0 heterocycles. The van der Waals surface area contributed by atoms with Crippen LogP contribution in [0.4, 0.5) is 8.78 Å². The summed E-state index contributed by atoms with van der Waals surface area (Å²) in [7, 11) is 0. The van der Waals surface area contributed by atoms with Gasteiger partial charge in [0.2, 0.25) is 0 Å². The van der Waals surface area contributed by atoms with Gasteiger partial charge in [-0.15, -0.1) is 0 Å². The van der Waals surface area contributed by atoms with E-state index in [2.05, 4.69) is 4.74 Å². The highest BCUT2D eigenvalue weighted by Crippen LogP contribution is 2.15. The van der Waals surface area contributed by atoms with E-state index in [1.165, 1.54) is 0 Å². The van der Waals surface area contributed by atoms with Crippen LogP contribution in [0.5, 0.6) is 0 Å². The molecule has 0 bridgehead atoms. The van der Waals surface area contributed by atoms with Gasteiger partial charge in [-0.05, 0) is 13.3 Å². The average molecular weight is 178 g/mol. The second-order valence-corrected chi connectivity index (χ2v) is 2.21. The Hall–Kier alpha value is -0.930. The number of hydrogen-bond acceptors (Lipinski definition) is 2. The fourth-order valence-electron chi connectivity index (χ4n) is 0.742. The van der Waals surface area contributed by atoms with Crippen LogP contribution in [0.2, 0.25) is 0 Å². The Morgan fingerprint density at radius 2 is 1.92 bits per heavy atom. The molecule has 0 saturated heterocycles. The molecule has 0 aliphatic carbocycles. The van der Waals surface area contributed by atoms with E-state index in [1.54, 1.807) is 13.8 Å². The van der Waals surface area contributed by atoms with Crippen LogP contribution >= 0.6 is 0 Å². The topological polar surface area (TPSA) is 26.3 Å². The second kappa shape index (κ2) is 5.69. The van der Waals surface area contributed by atoms with Gasteiger partial charge in [0.15, 0.2) is 0 Å². The van der Waals surface area contributed by atoms with Gasteiger partial charge < -0.3 is 4.74 Å². The molecular weight excluding hydrogens is 166 g/mol. The molecule has 0 atom stereocenters. The first kappa shape index (κ1) is 11.1. The number of carbonyl (C=O) groups excluding carboxylic acids is 1. The summed E-state index contributed by atoms with van der Waals surface area (Å²) in [4.78, 5) is 10.8. The van der Waals surface area contributed by atoms with Crippen molar-refractivity contribution in [1.82, 2.24) is 0 Å². The van der Waals surface area contributed by atoms with Gasteiger partial charge in [-0.1, -0.05) is 13.3 Å². The molecule has 0 aliphatic heterocycles. The average Bonchev–Trinajstić information content (AvgIpc) is 1.99. The Morgan fingerprint density at radius 1 is 1.33 bits per heavy atom. The largest absolute Gasteiger partial charge is 0.462 e. The summed E-state index contributed by atoms with van der Waals surface area (Å²) in [5.74, 6) is -0.903. The predicted octanol–water partition coefficient (Wildman–Crippen LogP) is 2.50. The Balaban J connectivity index is 4.32. The van der Waals surface area contributed by atoms with E-state index < -0.39 is 17.6 Å². The number of carbonyl (C=O) groups is 1. The number of halogens is 2. The van der Waals surface area contributed by atoms with Crippen molar-refractivity contribution in [2.24, 2.45) is 0 Å². The highest BCUT2D eigenvalue weighted by molar-refractivity contribution is 5.88. The maximum Gasteiger partial charge on any atom is 0.339 e. The van der Waals surface area contributed by atoms with Crippen LogP contribution in [0, 0.1) is 0 Å². The molecular formula is C8H12F2O2. The van der Waals surface area contributed by atoms with Crippen LogP contribution in [0.1, 0.15) is 26.7 Å². The molecule has 0 amide bonds. The molecule has 0 aromatic heterocycles. The molecule has 0 aromatic rings. The molecule has 0 aliphatic rings. The first-order valence-corrected chi connectivity index (χ1v) is 3.84. The van der Waals surface area contributed by atoms with E-state index in [0.717, 1.165) is 0 Å². The highest BCUT2D eigenvalue weighted by Gasteiger charge is 2.15. The fraction of sp³-hybridized carbons (Fsp3) is 0.625. The van der Waals surface area contributed by atoms with Crippen molar-refractivity contribution in [3.05, 3.63) is 11.7 Å². The van der Waals surface area contributed by atoms with Gasteiger partial charge in [0, 0.05) is 0 Å². The van der Waals surface area contributed by atoms with Gasteiger partial charge in [0.1, 0.15) is 5.57 Å². The molecule has 0 spiro atoms. The number of ether oxygens (including phenoxy) is 1. The van der Waals surface area contributed by atoms with Crippen molar-refractivity contribution in [1.29, 1.82) is 0 Å². The third-order valence-electron chi connectivity index (χ3n) is 1.25. The van der Waals surface area contributed by atoms with Crippen LogP contribution in [-0.2, 0) is 9.53 Å². The Morgan fingerprint density at radius 3 is 2.25 bits per heavy atom. The molecule has 0 radical (unpaired) electrons. The smallest absolute Gasteiger partial charge is 0.339 e. The summed E-state index contributed by atoms with van der Waals surface area (Å²) in [5.41, 5.74) is -0.501. The lowest BCUT2D eigenvalue weighted by Gasteiger charge is -2.03. The van der Waals surface area contributed by atoms with Crippen LogP contribution in [0.25, 0.3) is 0 Å². The molecule has 0 N–H and O–H groups in total. The fourth-order valence-corrected chi connectivity index (χ4v) is 0.742. The minimum Gasteiger partial charge on any atom is -0.462 e. The van der Waals surface area contributed by atoms with Gasteiger partial charge in [0.25, 0.3) is 6.08 Å². The molecule has 0 saturated carbocycles. The summed E-state index contributed by atoms with van der Waals surface area (Å²) in [6.45, 7) is 3.43. The van der Waals surface area contributed by atoms with Gasteiger partial charge in [0.05, 0.1) is 6.61 Å². The molecule has 12 heavy (non-hydrogen) atoms. The van der Waals surface area contributed by atoms with Crippen LogP contribution in [0.15, 0.2) is 11.7 Å². The maximum atomic E-state index is 12.0. The molecule has 4 heteroatoms. The molecule has 70 valence electrons. The van der Waals surface area contributed by atoms with Crippen molar-refractivity contribution in [2.45, 2.75) is 26.7 Å². The summed E-state index contributed by atoms with van der Waals surface area (Å²) in [6.07, 6.45) is -1.36. The maximum absolute atomic E-state index is 12.0. The first-order valence-electron chi connectivity index (χ1n) is 3.84. The molecule has 0 unspecified atom stereocenters. The summed E-state index contributed by atoms with van der Waals surface area (Å²) < 4.78 is 28.5. The SMILES string of the molecule is CCCC(C(=O)OCC)=C(F)F. The lowest BCUT2D eigenvalue weighted by Crippen LogP contribution is -2.08. The van der Waals surface area contributed by atoms with Gasteiger partial charge in [-0.2, -0.15) is 8.78 Å². The van der Waals surface area contributed by atoms with Crippen molar-refractivity contribution >= 4 is 5.97 Å². The van der Waals surface area contributed by atoms with Crippen molar-refractivity contribution in [3.63, 3.8) is 0 Å². The number of rotatable bonds is 4. The monoisotopic (exact) mass is 178 g/mol. The van der Waals surface area contributed by atoms with Gasteiger partial charge in [-0.25, -0.2) is 4.79 Å². The summed E-state index contributed by atoms with van der Waals surface area (Å²) >= 11 is 0. The zero-order valence-corrected chi connectivity index (χ0v) is 7.19. The lowest BCUT2D eigenvalue weighted by atomic mass is 10.2. The Bertz CT molecular complexity index is 183. The van der Waals surface area contributed by atoms with Crippen molar-refractivity contribution in [2.75, 3.05) is 6.61 Å². The van der Waals surface area contributed by atoms with E-state index in [-0.39, 0.29) is 13.0 Å². The molecule has 0 fully saturated rings. The highest BCUT2D eigenvalue weighted by atomic mass is 19.3. The molecule has 0 aromatic carbocycles. The van der Waals surface area contributed by atoms with E-state index in [0.29, 0.717) is 6.42 Å². The Labute approximate surface area is 70.2 Å². The minimum atomic E-state index is -1.93. The zero-order valence-electron chi connectivity index (χ0n) is 7.19. The van der Waals surface area contributed by atoms with Gasteiger partial charge in [-0.3, -0.25) is 0 Å². The Kier molecular flexibility index (Phi) is 5.25. The van der Waals surface area contributed by atoms with Crippen molar-refractivity contribution in [3.8, 4) is 0 Å². The zero-order chi connectivity index (χ0) is 9.56. The lowest BCUT2D eigenvalue weighted by molar-refractivity contribution is -0.139. The van der Waals surface area contributed by atoms with E-state index in [4.69, 9.17) is 0 Å². The quantitative estimate of drug-likeness (QED) is 0.488. The molecule has 0 rings (SSSR count). The number of hydrogen-bond donors (Lipinski definition) is 0. The van der Waals surface area contributed by atoms with E-state index >= 15 is 0 Å². The second-order valence-electron chi connectivity index (χ2n) is 2.21. The molecule has 2 nitrogen and oxygen atoms in total.